The molecule has 1 amide bonds. The van der Waals surface area contributed by atoms with E-state index in [1.54, 1.807) is 0 Å². The molecule has 0 aliphatic carbocycles. The molecule has 1 aromatic carbocycles. The summed E-state index contributed by atoms with van der Waals surface area (Å²) in [4.78, 5) is 19.5. The minimum Gasteiger partial charge on any atom is -0.396 e. The van der Waals surface area contributed by atoms with Gasteiger partial charge in [-0.25, -0.2) is 0 Å². The van der Waals surface area contributed by atoms with Crippen molar-refractivity contribution >= 4 is 16.8 Å². The van der Waals surface area contributed by atoms with E-state index in [9.17, 15) is 9.90 Å². The standard InChI is InChI=1S/C21H28N2O2/c1-4-21(14-24)9-11-23(12-10-21)20(25)13-18-15(2)17-7-5-6-8-19(17)22-16(18)3/h5-8,24H,4,9-14H2,1-3H3. The summed E-state index contributed by atoms with van der Waals surface area (Å²) in [6, 6.07) is 8.10. The van der Waals surface area contributed by atoms with E-state index in [2.05, 4.69) is 24.9 Å². The summed E-state index contributed by atoms with van der Waals surface area (Å²) in [6.45, 7) is 7.91. The Bertz CT molecular complexity index is 771. The van der Waals surface area contributed by atoms with Gasteiger partial charge in [0.15, 0.2) is 0 Å². The third-order valence-electron chi connectivity index (χ3n) is 6.08. The SMILES string of the molecule is CCC1(CO)CCN(C(=O)Cc2c(C)nc3ccccc3c2C)CC1. The fourth-order valence-electron chi connectivity index (χ4n) is 3.95. The number of piperidine rings is 1. The Morgan fingerprint density at radius 1 is 1.24 bits per heavy atom. The number of likely N-dealkylation sites (tertiary alicyclic amines) is 1. The number of benzene rings is 1. The van der Waals surface area contributed by atoms with Gasteiger partial charge in [0.2, 0.25) is 5.91 Å². The fraction of sp³-hybridized carbons (Fsp3) is 0.524. The van der Waals surface area contributed by atoms with Crippen LogP contribution in [0.3, 0.4) is 0 Å². The molecule has 1 saturated heterocycles. The summed E-state index contributed by atoms with van der Waals surface area (Å²) < 4.78 is 0. The first kappa shape index (κ1) is 17.9. The first-order valence-corrected chi connectivity index (χ1v) is 9.23. The molecule has 25 heavy (non-hydrogen) atoms. The summed E-state index contributed by atoms with van der Waals surface area (Å²) in [5.41, 5.74) is 4.15. The Balaban J connectivity index is 1.77. The zero-order valence-electron chi connectivity index (χ0n) is 15.5. The second-order valence-corrected chi connectivity index (χ2v) is 7.39. The molecule has 2 heterocycles. The topological polar surface area (TPSA) is 53.4 Å². The van der Waals surface area contributed by atoms with Crippen LogP contribution in [-0.2, 0) is 11.2 Å². The molecule has 3 rings (SSSR count). The summed E-state index contributed by atoms with van der Waals surface area (Å²) in [7, 11) is 0. The minimum atomic E-state index is 0.00706. The summed E-state index contributed by atoms with van der Waals surface area (Å²) in [5.74, 6) is 0.172. The maximum absolute atomic E-state index is 12.8. The van der Waals surface area contributed by atoms with Gasteiger partial charge in [-0.05, 0) is 55.7 Å². The highest BCUT2D eigenvalue weighted by molar-refractivity contribution is 5.86. The van der Waals surface area contributed by atoms with E-state index in [1.165, 1.54) is 0 Å². The average molecular weight is 340 g/mol. The van der Waals surface area contributed by atoms with Gasteiger partial charge in [-0.15, -0.1) is 0 Å². The molecule has 0 saturated carbocycles. The molecule has 4 heteroatoms. The zero-order valence-corrected chi connectivity index (χ0v) is 15.5. The molecule has 0 radical (unpaired) electrons. The minimum absolute atomic E-state index is 0.00706. The van der Waals surface area contributed by atoms with Crippen molar-refractivity contribution in [2.75, 3.05) is 19.7 Å². The van der Waals surface area contributed by atoms with Crippen molar-refractivity contribution in [1.82, 2.24) is 9.88 Å². The third-order valence-corrected chi connectivity index (χ3v) is 6.08. The molecule has 1 aliphatic rings. The number of nitrogens with zero attached hydrogens (tertiary/aromatic N) is 2. The van der Waals surface area contributed by atoms with E-state index in [0.29, 0.717) is 6.42 Å². The molecule has 1 N–H and O–H groups in total. The molecule has 0 spiro atoms. The van der Waals surface area contributed by atoms with Crippen molar-refractivity contribution in [3.05, 3.63) is 41.1 Å². The molecule has 0 bridgehead atoms. The largest absolute Gasteiger partial charge is 0.396 e. The van der Waals surface area contributed by atoms with E-state index < -0.39 is 0 Å². The Hall–Kier alpha value is -1.94. The highest BCUT2D eigenvalue weighted by Gasteiger charge is 2.34. The lowest BCUT2D eigenvalue weighted by molar-refractivity contribution is -0.133. The lowest BCUT2D eigenvalue weighted by Crippen LogP contribution is -2.45. The van der Waals surface area contributed by atoms with Crippen LogP contribution in [0, 0.1) is 19.3 Å². The van der Waals surface area contributed by atoms with E-state index in [-0.39, 0.29) is 17.9 Å². The molecule has 0 unspecified atom stereocenters. The number of aromatic nitrogens is 1. The molecule has 0 atom stereocenters. The van der Waals surface area contributed by atoms with Crippen LogP contribution in [0.2, 0.25) is 0 Å². The maximum atomic E-state index is 12.8. The number of fused-ring (bicyclic) bond motifs is 1. The van der Waals surface area contributed by atoms with Crippen LogP contribution < -0.4 is 0 Å². The number of hydrogen-bond donors (Lipinski definition) is 1. The lowest BCUT2D eigenvalue weighted by atomic mass is 9.77. The van der Waals surface area contributed by atoms with Crippen molar-refractivity contribution in [2.45, 2.75) is 46.5 Å². The van der Waals surface area contributed by atoms with Crippen LogP contribution in [0.15, 0.2) is 24.3 Å². The van der Waals surface area contributed by atoms with Gasteiger partial charge in [0.25, 0.3) is 0 Å². The first-order chi connectivity index (χ1) is 12.0. The molecular weight excluding hydrogens is 312 g/mol. The maximum Gasteiger partial charge on any atom is 0.227 e. The van der Waals surface area contributed by atoms with E-state index in [1.807, 2.05) is 30.0 Å². The quantitative estimate of drug-likeness (QED) is 0.928. The van der Waals surface area contributed by atoms with E-state index >= 15 is 0 Å². The van der Waals surface area contributed by atoms with Gasteiger partial charge >= 0.3 is 0 Å². The van der Waals surface area contributed by atoms with Crippen LogP contribution in [0.4, 0.5) is 0 Å². The molecule has 4 nitrogen and oxygen atoms in total. The van der Waals surface area contributed by atoms with Crippen LogP contribution in [0.5, 0.6) is 0 Å². The number of hydrogen-bond acceptors (Lipinski definition) is 3. The number of rotatable bonds is 4. The fourth-order valence-corrected chi connectivity index (χ4v) is 3.95. The zero-order chi connectivity index (χ0) is 18.0. The number of carbonyl (C=O) groups is 1. The number of para-hydroxylation sites is 1. The normalized spacial score (nSPS) is 17.0. The molecular formula is C21H28N2O2. The van der Waals surface area contributed by atoms with Crippen molar-refractivity contribution in [3.8, 4) is 0 Å². The van der Waals surface area contributed by atoms with Crippen molar-refractivity contribution in [1.29, 1.82) is 0 Å². The molecule has 1 fully saturated rings. The number of aliphatic hydroxyl groups is 1. The van der Waals surface area contributed by atoms with Gasteiger partial charge in [0.1, 0.15) is 0 Å². The van der Waals surface area contributed by atoms with Crippen LogP contribution in [0.1, 0.15) is 43.0 Å². The van der Waals surface area contributed by atoms with Gasteiger partial charge in [-0.2, -0.15) is 0 Å². The van der Waals surface area contributed by atoms with Gasteiger partial charge in [-0.3, -0.25) is 9.78 Å². The van der Waals surface area contributed by atoms with Crippen LogP contribution >= 0.6 is 0 Å². The Labute approximate surface area is 149 Å². The molecule has 1 aliphatic heterocycles. The first-order valence-electron chi connectivity index (χ1n) is 9.23. The van der Waals surface area contributed by atoms with Crippen molar-refractivity contribution in [2.24, 2.45) is 5.41 Å². The number of aryl methyl sites for hydroxylation is 2. The monoisotopic (exact) mass is 340 g/mol. The van der Waals surface area contributed by atoms with Gasteiger partial charge < -0.3 is 10.0 Å². The Morgan fingerprint density at radius 2 is 1.92 bits per heavy atom. The summed E-state index contributed by atoms with van der Waals surface area (Å²) >= 11 is 0. The van der Waals surface area contributed by atoms with Crippen LogP contribution in [-0.4, -0.2) is 40.6 Å². The predicted octanol–water partition coefficient (Wildman–Crippen LogP) is 3.41. The highest BCUT2D eigenvalue weighted by Crippen LogP contribution is 2.34. The second kappa shape index (κ2) is 7.12. The lowest BCUT2D eigenvalue weighted by Gasteiger charge is -2.40. The predicted molar refractivity (Wildman–Crippen MR) is 101 cm³/mol. The summed E-state index contributed by atoms with van der Waals surface area (Å²) in [6.07, 6.45) is 3.16. The van der Waals surface area contributed by atoms with Crippen molar-refractivity contribution in [3.63, 3.8) is 0 Å². The number of aliphatic hydroxyl groups excluding tert-OH is 1. The van der Waals surface area contributed by atoms with E-state index in [0.717, 1.165) is 60.1 Å². The van der Waals surface area contributed by atoms with Gasteiger partial charge in [-0.1, -0.05) is 25.1 Å². The Kier molecular flexibility index (Phi) is 5.09. The second-order valence-electron chi connectivity index (χ2n) is 7.39. The summed E-state index contributed by atoms with van der Waals surface area (Å²) in [5, 5.41) is 10.8. The van der Waals surface area contributed by atoms with Crippen LogP contribution in [0.25, 0.3) is 10.9 Å². The Morgan fingerprint density at radius 3 is 2.56 bits per heavy atom. The third kappa shape index (κ3) is 3.40. The highest BCUT2D eigenvalue weighted by atomic mass is 16.3. The van der Waals surface area contributed by atoms with Gasteiger partial charge in [0, 0.05) is 30.8 Å². The van der Waals surface area contributed by atoms with E-state index in [4.69, 9.17) is 0 Å². The van der Waals surface area contributed by atoms with Gasteiger partial charge in [0.05, 0.1) is 11.9 Å². The molecule has 134 valence electrons. The smallest absolute Gasteiger partial charge is 0.227 e. The average Bonchev–Trinajstić information content (AvgIpc) is 2.65. The molecule has 2 aromatic rings. The number of carbonyl (C=O) groups excluding carboxylic acids is 1. The van der Waals surface area contributed by atoms with Crippen molar-refractivity contribution < 1.29 is 9.90 Å². The number of amides is 1. The molecule has 1 aromatic heterocycles. The number of pyridine rings is 1.